The number of benzene rings is 1. The molecule has 1 heteroatoms. The number of aliphatic imine (C=N–C) groups is 1. The molecule has 82 valence electrons. The van der Waals surface area contributed by atoms with Crippen LogP contribution in [0.1, 0.15) is 50.7 Å². The van der Waals surface area contributed by atoms with Gasteiger partial charge in [0.1, 0.15) is 0 Å². The standard InChI is InChI=1S/C14H21N/c1-5-10-15-14-12(4)8-7-9-13(14)11(3)6-2/h7-11H,5-6H2,1-4H3. The predicted octanol–water partition coefficient (Wildman–Crippen LogP) is 4.62. The third kappa shape index (κ3) is 2.92. The molecule has 0 aliphatic rings. The third-order valence-corrected chi connectivity index (χ3v) is 2.82. The van der Waals surface area contributed by atoms with Crippen molar-refractivity contribution in [2.45, 2.75) is 46.5 Å². The summed E-state index contributed by atoms with van der Waals surface area (Å²) in [4.78, 5) is 4.57. The quantitative estimate of drug-likeness (QED) is 0.633. The van der Waals surface area contributed by atoms with Crippen molar-refractivity contribution < 1.29 is 0 Å². The number of rotatable bonds is 4. The van der Waals surface area contributed by atoms with Crippen molar-refractivity contribution in [3.05, 3.63) is 29.3 Å². The first kappa shape index (κ1) is 12.0. The van der Waals surface area contributed by atoms with Gasteiger partial charge in [-0.2, -0.15) is 0 Å². The van der Waals surface area contributed by atoms with Crippen LogP contribution < -0.4 is 0 Å². The predicted molar refractivity (Wildman–Crippen MR) is 68.3 cm³/mol. The summed E-state index contributed by atoms with van der Waals surface area (Å²) in [7, 11) is 0. The van der Waals surface area contributed by atoms with E-state index in [1.54, 1.807) is 0 Å². The summed E-state index contributed by atoms with van der Waals surface area (Å²) in [5, 5.41) is 0. The molecule has 1 aromatic rings. The lowest BCUT2D eigenvalue weighted by molar-refractivity contribution is 0.733. The number of nitrogens with zero attached hydrogens (tertiary/aromatic N) is 1. The Balaban J connectivity index is 3.14. The zero-order valence-electron chi connectivity index (χ0n) is 10.2. The van der Waals surface area contributed by atoms with Gasteiger partial charge >= 0.3 is 0 Å². The topological polar surface area (TPSA) is 12.4 Å². The lowest BCUT2D eigenvalue weighted by atomic mass is 9.95. The summed E-state index contributed by atoms with van der Waals surface area (Å²) < 4.78 is 0. The van der Waals surface area contributed by atoms with E-state index in [2.05, 4.69) is 50.9 Å². The molecule has 0 spiro atoms. The largest absolute Gasteiger partial charge is 0.261 e. The van der Waals surface area contributed by atoms with Crippen molar-refractivity contribution >= 4 is 11.9 Å². The monoisotopic (exact) mass is 203 g/mol. The van der Waals surface area contributed by atoms with E-state index < -0.39 is 0 Å². The molecule has 0 saturated heterocycles. The Kier molecular flexibility index (Phi) is 4.54. The maximum Gasteiger partial charge on any atom is 0.0689 e. The van der Waals surface area contributed by atoms with E-state index in [1.807, 2.05) is 6.21 Å². The van der Waals surface area contributed by atoms with Gasteiger partial charge < -0.3 is 0 Å². The van der Waals surface area contributed by atoms with Crippen LogP contribution in [0.15, 0.2) is 23.2 Å². The summed E-state index contributed by atoms with van der Waals surface area (Å²) in [5.41, 5.74) is 3.83. The molecule has 1 rings (SSSR count). The Morgan fingerprint density at radius 2 is 2.07 bits per heavy atom. The minimum Gasteiger partial charge on any atom is -0.261 e. The molecule has 0 amide bonds. The number of hydrogen-bond acceptors (Lipinski definition) is 1. The molecule has 0 aromatic heterocycles. The van der Waals surface area contributed by atoms with E-state index in [9.17, 15) is 0 Å². The molecule has 1 atom stereocenters. The van der Waals surface area contributed by atoms with Crippen molar-refractivity contribution in [3.63, 3.8) is 0 Å². The highest BCUT2D eigenvalue weighted by molar-refractivity contribution is 5.66. The molecule has 0 saturated carbocycles. The summed E-state index contributed by atoms with van der Waals surface area (Å²) >= 11 is 0. The van der Waals surface area contributed by atoms with Crippen molar-refractivity contribution in [2.75, 3.05) is 0 Å². The van der Waals surface area contributed by atoms with Crippen LogP contribution in [0.2, 0.25) is 0 Å². The molecule has 15 heavy (non-hydrogen) atoms. The van der Waals surface area contributed by atoms with Crippen molar-refractivity contribution in [3.8, 4) is 0 Å². The normalized spacial score (nSPS) is 13.3. The fraction of sp³-hybridized carbons (Fsp3) is 0.500. The van der Waals surface area contributed by atoms with Gasteiger partial charge in [0.25, 0.3) is 0 Å². The molecule has 1 aromatic carbocycles. The molecular weight excluding hydrogens is 182 g/mol. The molecule has 0 radical (unpaired) electrons. The Morgan fingerprint density at radius 3 is 2.67 bits per heavy atom. The van der Waals surface area contributed by atoms with Gasteiger partial charge in [0.15, 0.2) is 0 Å². The zero-order chi connectivity index (χ0) is 11.3. The first-order valence-electron chi connectivity index (χ1n) is 5.82. The Bertz CT molecular complexity index is 339. The highest BCUT2D eigenvalue weighted by Gasteiger charge is 2.09. The molecule has 1 unspecified atom stereocenters. The Hall–Kier alpha value is -1.11. The van der Waals surface area contributed by atoms with Crippen LogP contribution in [-0.2, 0) is 0 Å². The van der Waals surface area contributed by atoms with Crippen LogP contribution in [0.5, 0.6) is 0 Å². The molecule has 0 fully saturated rings. The van der Waals surface area contributed by atoms with Crippen LogP contribution in [-0.4, -0.2) is 6.21 Å². The lowest BCUT2D eigenvalue weighted by Gasteiger charge is -2.13. The van der Waals surface area contributed by atoms with Crippen LogP contribution in [0.25, 0.3) is 0 Å². The second-order valence-electron chi connectivity index (χ2n) is 4.04. The highest BCUT2D eigenvalue weighted by atomic mass is 14.7. The van der Waals surface area contributed by atoms with Gasteiger partial charge in [0.2, 0.25) is 0 Å². The zero-order valence-corrected chi connectivity index (χ0v) is 10.2. The van der Waals surface area contributed by atoms with Crippen LogP contribution >= 0.6 is 0 Å². The average molecular weight is 203 g/mol. The smallest absolute Gasteiger partial charge is 0.0689 e. The van der Waals surface area contributed by atoms with Crippen molar-refractivity contribution in [1.29, 1.82) is 0 Å². The van der Waals surface area contributed by atoms with Crippen LogP contribution in [0.4, 0.5) is 5.69 Å². The summed E-state index contributed by atoms with van der Waals surface area (Å²) in [6, 6.07) is 6.46. The van der Waals surface area contributed by atoms with E-state index >= 15 is 0 Å². The Morgan fingerprint density at radius 1 is 1.33 bits per heavy atom. The maximum atomic E-state index is 4.57. The SMILES string of the molecule is CCC=Nc1c(C)cccc1C(C)CC. The molecule has 0 heterocycles. The minimum absolute atomic E-state index is 0.592. The summed E-state index contributed by atoms with van der Waals surface area (Å²) in [6.07, 6.45) is 4.15. The molecule has 0 aliphatic carbocycles. The van der Waals surface area contributed by atoms with E-state index in [1.165, 1.54) is 16.8 Å². The van der Waals surface area contributed by atoms with Gasteiger partial charge in [-0.1, -0.05) is 39.0 Å². The Labute approximate surface area is 93.2 Å². The molecule has 0 N–H and O–H groups in total. The summed E-state index contributed by atoms with van der Waals surface area (Å²) in [6.45, 7) is 8.74. The highest BCUT2D eigenvalue weighted by Crippen LogP contribution is 2.31. The van der Waals surface area contributed by atoms with E-state index in [-0.39, 0.29) is 0 Å². The fourth-order valence-corrected chi connectivity index (χ4v) is 1.66. The molecule has 0 bridgehead atoms. The molecule has 1 nitrogen and oxygen atoms in total. The second kappa shape index (κ2) is 5.69. The van der Waals surface area contributed by atoms with Gasteiger partial charge in [-0.3, -0.25) is 4.99 Å². The minimum atomic E-state index is 0.592. The van der Waals surface area contributed by atoms with Gasteiger partial charge in [0, 0.05) is 6.21 Å². The van der Waals surface area contributed by atoms with Crippen LogP contribution in [0.3, 0.4) is 0 Å². The molecule has 0 aliphatic heterocycles. The first-order chi connectivity index (χ1) is 7.20. The van der Waals surface area contributed by atoms with E-state index in [4.69, 9.17) is 0 Å². The second-order valence-corrected chi connectivity index (χ2v) is 4.04. The number of aryl methyl sites for hydroxylation is 1. The lowest BCUT2D eigenvalue weighted by Crippen LogP contribution is -1.93. The summed E-state index contributed by atoms with van der Waals surface area (Å²) in [5.74, 6) is 0.592. The maximum absolute atomic E-state index is 4.57. The molecular formula is C14H21N. The third-order valence-electron chi connectivity index (χ3n) is 2.82. The van der Waals surface area contributed by atoms with E-state index in [0.717, 1.165) is 12.8 Å². The van der Waals surface area contributed by atoms with Crippen molar-refractivity contribution in [2.24, 2.45) is 4.99 Å². The van der Waals surface area contributed by atoms with Gasteiger partial charge in [-0.05, 0) is 36.8 Å². The number of hydrogen-bond donors (Lipinski definition) is 0. The van der Waals surface area contributed by atoms with Gasteiger partial charge in [-0.15, -0.1) is 0 Å². The first-order valence-corrected chi connectivity index (χ1v) is 5.82. The average Bonchev–Trinajstić information content (AvgIpc) is 2.26. The van der Waals surface area contributed by atoms with Crippen molar-refractivity contribution in [1.82, 2.24) is 0 Å². The fourth-order valence-electron chi connectivity index (χ4n) is 1.66. The van der Waals surface area contributed by atoms with E-state index in [0.29, 0.717) is 5.92 Å². The van der Waals surface area contributed by atoms with Gasteiger partial charge in [0.05, 0.1) is 5.69 Å². The number of para-hydroxylation sites is 1. The van der Waals surface area contributed by atoms with Gasteiger partial charge in [-0.25, -0.2) is 0 Å². The van der Waals surface area contributed by atoms with Crippen LogP contribution in [0, 0.1) is 6.92 Å².